The van der Waals surface area contributed by atoms with E-state index in [4.69, 9.17) is 0 Å². The van der Waals surface area contributed by atoms with E-state index in [1.807, 2.05) is 20.0 Å². The Balaban J connectivity index is 2.04. The Bertz CT molecular complexity index is 832. The summed E-state index contributed by atoms with van der Waals surface area (Å²) in [5, 5.41) is 4.47. The highest BCUT2D eigenvalue weighted by molar-refractivity contribution is 7.89. The summed E-state index contributed by atoms with van der Waals surface area (Å²) in [6.45, 7) is 1.89. The van der Waals surface area contributed by atoms with E-state index in [1.165, 1.54) is 39.2 Å². The number of rotatable bonds is 5. The van der Waals surface area contributed by atoms with Gasteiger partial charge in [-0.15, -0.1) is 0 Å². The van der Waals surface area contributed by atoms with E-state index < -0.39 is 10.0 Å². The molecule has 1 heterocycles. The molecule has 0 amide bonds. The van der Waals surface area contributed by atoms with Crippen molar-refractivity contribution in [2.75, 3.05) is 7.05 Å². The summed E-state index contributed by atoms with van der Waals surface area (Å²) in [6, 6.07) is 5.32. The molecule has 1 N–H and O–H groups in total. The number of aryl methyl sites for hydroxylation is 2. The number of hydrogen-bond donors (Lipinski definition) is 1. The van der Waals surface area contributed by atoms with Crippen LogP contribution in [-0.4, -0.2) is 30.2 Å². The van der Waals surface area contributed by atoms with Crippen molar-refractivity contribution < 1.29 is 8.42 Å². The fraction of sp³-hybridized carbons (Fsp3) is 0.556. The summed E-state index contributed by atoms with van der Waals surface area (Å²) >= 11 is 0. The Morgan fingerprint density at radius 3 is 2.56 bits per heavy atom. The van der Waals surface area contributed by atoms with Gasteiger partial charge in [-0.2, -0.15) is 5.10 Å². The first-order valence-electron chi connectivity index (χ1n) is 8.85. The highest BCUT2D eigenvalue weighted by Crippen LogP contribution is 2.31. The lowest BCUT2D eigenvalue weighted by molar-refractivity contribution is 0.357. The standard InChI is InChI=1S/C18H26N4O2S/c1-13-20-18(21-22(13)3)17-12-16(25(23,24)19-2)10-9-15(17)11-14-7-5-4-6-8-14/h9-10,12,14,19H,4-8,11H2,1-3H3. The zero-order valence-corrected chi connectivity index (χ0v) is 15.9. The van der Waals surface area contributed by atoms with Crippen molar-refractivity contribution in [3.05, 3.63) is 29.6 Å². The molecule has 6 nitrogen and oxygen atoms in total. The van der Waals surface area contributed by atoms with E-state index in [1.54, 1.807) is 16.8 Å². The maximum absolute atomic E-state index is 12.2. The number of sulfonamides is 1. The molecule has 3 rings (SSSR count). The molecule has 136 valence electrons. The summed E-state index contributed by atoms with van der Waals surface area (Å²) in [7, 11) is -0.221. The van der Waals surface area contributed by atoms with Crippen LogP contribution in [0.2, 0.25) is 0 Å². The minimum absolute atomic E-state index is 0.252. The number of aromatic nitrogens is 3. The normalized spacial score (nSPS) is 16.3. The third kappa shape index (κ3) is 3.93. The average molecular weight is 362 g/mol. The third-order valence-electron chi connectivity index (χ3n) is 5.12. The van der Waals surface area contributed by atoms with Crippen LogP contribution < -0.4 is 4.72 Å². The van der Waals surface area contributed by atoms with Gasteiger partial charge in [0, 0.05) is 12.6 Å². The van der Waals surface area contributed by atoms with Gasteiger partial charge in [0.15, 0.2) is 5.82 Å². The van der Waals surface area contributed by atoms with Crippen LogP contribution >= 0.6 is 0 Å². The van der Waals surface area contributed by atoms with E-state index in [9.17, 15) is 8.42 Å². The van der Waals surface area contributed by atoms with Gasteiger partial charge >= 0.3 is 0 Å². The highest BCUT2D eigenvalue weighted by Gasteiger charge is 2.21. The number of benzene rings is 1. The van der Waals surface area contributed by atoms with E-state index >= 15 is 0 Å². The molecule has 7 heteroatoms. The second-order valence-corrected chi connectivity index (χ2v) is 8.73. The van der Waals surface area contributed by atoms with Gasteiger partial charge in [-0.1, -0.05) is 38.2 Å². The summed E-state index contributed by atoms with van der Waals surface area (Å²) < 4.78 is 28.5. The summed E-state index contributed by atoms with van der Waals surface area (Å²) in [4.78, 5) is 4.77. The van der Waals surface area contributed by atoms with Crippen molar-refractivity contribution >= 4 is 10.0 Å². The molecule has 25 heavy (non-hydrogen) atoms. The van der Waals surface area contributed by atoms with Crippen molar-refractivity contribution in [2.24, 2.45) is 13.0 Å². The number of hydrogen-bond acceptors (Lipinski definition) is 4. The third-order valence-corrected chi connectivity index (χ3v) is 6.53. The molecule has 0 saturated heterocycles. The highest BCUT2D eigenvalue weighted by atomic mass is 32.2. The minimum Gasteiger partial charge on any atom is -0.253 e. The number of nitrogens with one attached hydrogen (secondary N) is 1. The van der Waals surface area contributed by atoms with Crippen LogP contribution in [0.3, 0.4) is 0 Å². The van der Waals surface area contributed by atoms with Crippen LogP contribution in [0.5, 0.6) is 0 Å². The van der Waals surface area contributed by atoms with Crippen molar-refractivity contribution in [3.63, 3.8) is 0 Å². The Kier molecular flexibility index (Phi) is 5.24. The van der Waals surface area contributed by atoms with E-state index in [-0.39, 0.29) is 4.90 Å². The molecule has 1 aliphatic carbocycles. The minimum atomic E-state index is -3.49. The van der Waals surface area contributed by atoms with Gasteiger partial charge in [-0.05, 0) is 44.0 Å². The lowest BCUT2D eigenvalue weighted by Crippen LogP contribution is -2.19. The van der Waals surface area contributed by atoms with Gasteiger partial charge < -0.3 is 0 Å². The molecule has 1 aliphatic rings. The predicted octanol–water partition coefficient (Wildman–Crippen LogP) is 2.82. The maximum Gasteiger partial charge on any atom is 0.240 e. The molecule has 0 unspecified atom stereocenters. The Labute approximate surface area is 149 Å². The molecule has 0 spiro atoms. The van der Waals surface area contributed by atoms with E-state index in [0.29, 0.717) is 11.7 Å². The SMILES string of the molecule is CNS(=O)(=O)c1ccc(CC2CCCCC2)c(-c2nc(C)n(C)n2)c1. The predicted molar refractivity (Wildman–Crippen MR) is 97.7 cm³/mol. The van der Waals surface area contributed by atoms with E-state index in [0.717, 1.165) is 23.4 Å². The molecule has 2 aromatic rings. The van der Waals surface area contributed by atoms with Crippen molar-refractivity contribution in [3.8, 4) is 11.4 Å². The Hall–Kier alpha value is -1.73. The lowest BCUT2D eigenvalue weighted by Gasteiger charge is -2.22. The lowest BCUT2D eigenvalue weighted by atomic mass is 9.84. The monoisotopic (exact) mass is 362 g/mol. The maximum atomic E-state index is 12.2. The molecule has 0 radical (unpaired) electrons. The molecule has 0 atom stereocenters. The smallest absolute Gasteiger partial charge is 0.240 e. The van der Waals surface area contributed by atoms with Crippen LogP contribution in [0.4, 0.5) is 0 Å². The fourth-order valence-corrected chi connectivity index (χ4v) is 4.26. The van der Waals surface area contributed by atoms with Crippen LogP contribution in [0, 0.1) is 12.8 Å². The molecule has 0 aliphatic heterocycles. The summed E-state index contributed by atoms with van der Waals surface area (Å²) in [5.74, 6) is 2.06. The second-order valence-electron chi connectivity index (χ2n) is 6.84. The Morgan fingerprint density at radius 1 is 1.24 bits per heavy atom. The van der Waals surface area contributed by atoms with Gasteiger partial charge in [0.2, 0.25) is 10.0 Å². The molecular formula is C18H26N4O2S. The van der Waals surface area contributed by atoms with Crippen LogP contribution in [0.1, 0.15) is 43.5 Å². The molecule has 0 bridgehead atoms. The van der Waals surface area contributed by atoms with Crippen molar-refractivity contribution in [1.29, 1.82) is 0 Å². The van der Waals surface area contributed by atoms with Crippen LogP contribution in [0.15, 0.2) is 23.1 Å². The van der Waals surface area contributed by atoms with Gasteiger partial charge in [-0.3, -0.25) is 4.68 Å². The second kappa shape index (κ2) is 7.25. The van der Waals surface area contributed by atoms with Crippen LogP contribution in [0.25, 0.3) is 11.4 Å². The molecular weight excluding hydrogens is 336 g/mol. The molecule has 1 fully saturated rings. The zero-order valence-electron chi connectivity index (χ0n) is 15.1. The molecule has 1 aromatic heterocycles. The Morgan fingerprint density at radius 2 is 1.96 bits per heavy atom. The van der Waals surface area contributed by atoms with Crippen molar-refractivity contribution in [2.45, 2.75) is 50.3 Å². The van der Waals surface area contributed by atoms with E-state index in [2.05, 4.69) is 14.8 Å². The van der Waals surface area contributed by atoms with Crippen LogP contribution in [-0.2, 0) is 23.5 Å². The first kappa shape index (κ1) is 18.1. The molecule has 1 saturated carbocycles. The largest absolute Gasteiger partial charge is 0.253 e. The zero-order chi connectivity index (χ0) is 18.0. The fourth-order valence-electron chi connectivity index (χ4n) is 3.51. The average Bonchev–Trinajstić information content (AvgIpc) is 2.95. The first-order chi connectivity index (χ1) is 11.9. The topological polar surface area (TPSA) is 76.9 Å². The van der Waals surface area contributed by atoms with Gasteiger partial charge in [-0.25, -0.2) is 18.1 Å². The molecule has 1 aromatic carbocycles. The van der Waals surface area contributed by atoms with Crippen molar-refractivity contribution in [1.82, 2.24) is 19.5 Å². The first-order valence-corrected chi connectivity index (χ1v) is 10.3. The van der Waals surface area contributed by atoms with Gasteiger partial charge in [0.1, 0.15) is 5.82 Å². The van der Waals surface area contributed by atoms with Gasteiger partial charge in [0.05, 0.1) is 4.90 Å². The quantitative estimate of drug-likeness (QED) is 0.887. The summed E-state index contributed by atoms with van der Waals surface area (Å²) in [5.41, 5.74) is 1.96. The summed E-state index contributed by atoms with van der Waals surface area (Å²) in [6.07, 6.45) is 7.33. The van der Waals surface area contributed by atoms with Gasteiger partial charge in [0.25, 0.3) is 0 Å². The number of nitrogens with zero attached hydrogens (tertiary/aromatic N) is 3.